The molecule has 28 heavy (non-hydrogen) atoms. The second-order valence-corrected chi connectivity index (χ2v) is 7.43. The van der Waals surface area contributed by atoms with Gasteiger partial charge in [-0.05, 0) is 35.6 Å². The van der Waals surface area contributed by atoms with Gasteiger partial charge >= 0.3 is 0 Å². The van der Waals surface area contributed by atoms with E-state index in [0.717, 1.165) is 27.6 Å². The summed E-state index contributed by atoms with van der Waals surface area (Å²) in [4.78, 5) is 17.6. The van der Waals surface area contributed by atoms with Crippen LogP contribution >= 0.6 is 11.8 Å². The molecule has 4 rings (SSSR count). The number of para-hydroxylation sites is 1. The number of nitrogens with zero attached hydrogens (tertiary/aromatic N) is 3. The van der Waals surface area contributed by atoms with E-state index in [4.69, 9.17) is 9.73 Å². The van der Waals surface area contributed by atoms with Crippen molar-refractivity contribution >= 4 is 34.6 Å². The van der Waals surface area contributed by atoms with E-state index in [9.17, 15) is 4.79 Å². The second kappa shape index (κ2) is 7.90. The number of nitrogens with one attached hydrogen (secondary N) is 1. The zero-order chi connectivity index (χ0) is 19.5. The predicted octanol–water partition coefficient (Wildman–Crippen LogP) is 1.93. The smallest absolute Gasteiger partial charge is 0.276 e. The summed E-state index contributed by atoms with van der Waals surface area (Å²) >= 11 is 1.50. The first-order valence-electron chi connectivity index (χ1n) is 9.01. The van der Waals surface area contributed by atoms with E-state index in [1.807, 2.05) is 67.6 Å². The van der Waals surface area contributed by atoms with Crippen molar-refractivity contribution in [3.63, 3.8) is 0 Å². The summed E-state index contributed by atoms with van der Waals surface area (Å²) in [5, 5.41) is 11.4. The average molecular weight is 392 g/mol. The van der Waals surface area contributed by atoms with Gasteiger partial charge in [0.2, 0.25) is 0 Å². The summed E-state index contributed by atoms with van der Waals surface area (Å²) in [6, 6.07) is 15.4. The molecule has 1 amide bonds. The highest BCUT2D eigenvalue weighted by molar-refractivity contribution is 8.13. The number of ether oxygens (including phenoxy) is 1. The van der Waals surface area contributed by atoms with Crippen molar-refractivity contribution < 1.29 is 9.53 Å². The molecule has 7 heteroatoms. The van der Waals surface area contributed by atoms with E-state index in [0.29, 0.717) is 10.9 Å². The van der Waals surface area contributed by atoms with E-state index in [2.05, 4.69) is 10.4 Å². The number of methoxy groups -OCH3 is 1. The molecule has 0 saturated heterocycles. The summed E-state index contributed by atoms with van der Waals surface area (Å²) in [5.41, 5.74) is 1.54. The van der Waals surface area contributed by atoms with Crippen LogP contribution in [0.4, 0.5) is 0 Å². The average Bonchev–Trinajstić information content (AvgIpc) is 2.72. The summed E-state index contributed by atoms with van der Waals surface area (Å²) in [5.74, 6) is 1.47. The van der Waals surface area contributed by atoms with E-state index < -0.39 is 6.17 Å². The fourth-order valence-corrected chi connectivity index (χ4v) is 3.68. The molecule has 6 nitrogen and oxygen atoms in total. The SMILES string of the molecule is CCSC1=NN2C(=c3ccccc3=NC2/C=C/c2ccc(OC)cc2)C(=O)N1. The first-order chi connectivity index (χ1) is 13.7. The van der Waals surface area contributed by atoms with E-state index in [1.54, 1.807) is 12.1 Å². The fourth-order valence-electron chi connectivity index (χ4n) is 3.09. The van der Waals surface area contributed by atoms with Crippen LogP contribution in [-0.4, -0.2) is 35.1 Å². The molecule has 2 aliphatic heterocycles. The van der Waals surface area contributed by atoms with Crippen LogP contribution in [0.25, 0.3) is 11.8 Å². The number of carbonyl (C=O) groups excluding carboxylic acids is 1. The van der Waals surface area contributed by atoms with E-state index >= 15 is 0 Å². The van der Waals surface area contributed by atoms with Crippen LogP contribution in [0.2, 0.25) is 0 Å². The lowest BCUT2D eigenvalue weighted by Gasteiger charge is -2.32. The molecule has 0 bridgehead atoms. The van der Waals surface area contributed by atoms with Crippen LogP contribution in [0.15, 0.2) is 64.7 Å². The van der Waals surface area contributed by atoms with Crippen molar-refractivity contribution in [1.82, 2.24) is 10.3 Å². The van der Waals surface area contributed by atoms with Crippen LogP contribution in [0.3, 0.4) is 0 Å². The van der Waals surface area contributed by atoms with Crippen molar-refractivity contribution in [3.05, 3.63) is 70.7 Å². The number of amidine groups is 1. The Bertz CT molecular complexity index is 1080. The molecule has 142 valence electrons. The van der Waals surface area contributed by atoms with Crippen LogP contribution in [0.5, 0.6) is 5.75 Å². The number of hydrazone groups is 1. The van der Waals surface area contributed by atoms with Gasteiger partial charge in [0.05, 0.1) is 12.5 Å². The summed E-state index contributed by atoms with van der Waals surface area (Å²) in [6.45, 7) is 2.02. The zero-order valence-corrected chi connectivity index (χ0v) is 16.4. The lowest BCUT2D eigenvalue weighted by molar-refractivity contribution is -0.116. The zero-order valence-electron chi connectivity index (χ0n) is 15.6. The maximum Gasteiger partial charge on any atom is 0.276 e. The maximum absolute atomic E-state index is 12.8. The Labute approximate surface area is 167 Å². The van der Waals surface area contributed by atoms with Gasteiger partial charge in [0.1, 0.15) is 11.4 Å². The van der Waals surface area contributed by atoms with Crippen molar-refractivity contribution in [2.24, 2.45) is 10.1 Å². The minimum atomic E-state index is -0.398. The van der Waals surface area contributed by atoms with E-state index in [1.165, 1.54) is 11.8 Å². The molecule has 0 radical (unpaired) electrons. The standard InChI is InChI=1S/C21H20N4O2S/c1-3-28-21-23-20(26)19-16-6-4-5-7-17(16)22-18(25(19)24-21)13-10-14-8-11-15(27-2)12-9-14/h4-13,18H,3H2,1-2H3,(H,23,24,26)/b13-10+. The Morgan fingerprint density at radius 2 is 2.00 bits per heavy atom. The Morgan fingerprint density at radius 1 is 1.21 bits per heavy atom. The number of hydrogen-bond donors (Lipinski definition) is 1. The number of benzene rings is 2. The van der Waals surface area contributed by atoms with Gasteiger partial charge < -0.3 is 4.74 Å². The molecule has 1 atom stereocenters. The Morgan fingerprint density at radius 3 is 2.75 bits per heavy atom. The van der Waals surface area contributed by atoms with Crippen LogP contribution in [0, 0.1) is 0 Å². The first kappa shape index (κ1) is 18.3. The van der Waals surface area contributed by atoms with Gasteiger partial charge in [-0.2, -0.15) is 0 Å². The highest BCUT2D eigenvalue weighted by atomic mass is 32.2. The molecular formula is C21H20N4O2S. The number of fused-ring (bicyclic) bond motifs is 2. The highest BCUT2D eigenvalue weighted by Gasteiger charge is 2.32. The molecule has 0 fully saturated rings. The molecule has 1 unspecified atom stereocenters. The summed E-state index contributed by atoms with van der Waals surface area (Å²) in [6.07, 6.45) is 3.53. The van der Waals surface area contributed by atoms with Gasteiger partial charge in [-0.15, -0.1) is 5.10 Å². The van der Waals surface area contributed by atoms with Gasteiger partial charge in [0, 0.05) is 5.22 Å². The number of rotatable bonds is 4. The molecule has 0 spiro atoms. The molecule has 0 aliphatic carbocycles. The number of carbonyl (C=O) groups is 1. The molecule has 1 N–H and O–H groups in total. The normalized spacial score (nSPS) is 18.1. The third kappa shape index (κ3) is 3.53. The Balaban J connectivity index is 1.76. The third-order valence-corrected chi connectivity index (χ3v) is 5.15. The monoisotopic (exact) mass is 392 g/mol. The van der Waals surface area contributed by atoms with Gasteiger partial charge in [0.15, 0.2) is 11.3 Å². The highest BCUT2D eigenvalue weighted by Crippen LogP contribution is 2.22. The van der Waals surface area contributed by atoms with Crippen molar-refractivity contribution in [2.45, 2.75) is 13.1 Å². The van der Waals surface area contributed by atoms with Crippen molar-refractivity contribution in [2.75, 3.05) is 12.9 Å². The minimum Gasteiger partial charge on any atom is -0.497 e. The molecule has 2 aromatic carbocycles. The topological polar surface area (TPSA) is 66.3 Å². The van der Waals surface area contributed by atoms with Crippen LogP contribution in [-0.2, 0) is 4.79 Å². The molecular weight excluding hydrogens is 372 g/mol. The Kier molecular flexibility index (Phi) is 5.16. The van der Waals surface area contributed by atoms with Gasteiger partial charge in [-0.3, -0.25) is 15.1 Å². The van der Waals surface area contributed by atoms with Crippen molar-refractivity contribution in [3.8, 4) is 5.75 Å². The van der Waals surface area contributed by atoms with Gasteiger partial charge in [-0.25, -0.2) is 5.01 Å². The minimum absolute atomic E-state index is 0.156. The molecule has 0 saturated carbocycles. The number of thioether (sulfide) groups is 1. The van der Waals surface area contributed by atoms with Crippen LogP contribution < -0.4 is 20.6 Å². The van der Waals surface area contributed by atoms with Crippen LogP contribution in [0.1, 0.15) is 12.5 Å². The molecule has 2 heterocycles. The largest absolute Gasteiger partial charge is 0.497 e. The number of hydrogen-bond acceptors (Lipinski definition) is 6. The lowest BCUT2D eigenvalue weighted by atomic mass is 10.1. The predicted molar refractivity (Wildman–Crippen MR) is 112 cm³/mol. The third-order valence-electron chi connectivity index (χ3n) is 4.40. The second-order valence-electron chi connectivity index (χ2n) is 6.18. The lowest BCUT2D eigenvalue weighted by Crippen LogP contribution is -2.52. The number of amides is 1. The summed E-state index contributed by atoms with van der Waals surface area (Å²) in [7, 11) is 1.64. The first-order valence-corrected chi connectivity index (χ1v) is 9.99. The van der Waals surface area contributed by atoms with E-state index in [-0.39, 0.29) is 5.91 Å². The molecule has 2 aromatic rings. The maximum atomic E-state index is 12.8. The van der Waals surface area contributed by atoms with Gasteiger partial charge in [-0.1, -0.05) is 55.1 Å². The Hall–Kier alpha value is -3.06. The summed E-state index contributed by atoms with van der Waals surface area (Å²) < 4.78 is 5.20. The fraction of sp³-hybridized carbons (Fsp3) is 0.190. The molecule has 2 aliphatic rings. The molecule has 0 aromatic heterocycles. The van der Waals surface area contributed by atoms with Crippen molar-refractivity contribution in [1.29, 1.82) is 0 Å². The quantitative estimate of drug-likeness (QED) is 0.864. The van der Waals surface area contributed by atoms with Gasteiger partial charge in [0.25, 0.3) is 5.91 Å².